The first-order valence-corrected chi connectivity index (χ1v) is 30.6. The van der Waals surface area contributed by atoms with E-state index in [-0.39, 0.29) is 34.0 Å². The van der Waals surface area contributed by atoms with E-state index in [9.17, 15) is 81.4 Å². The number of fused-ring (bicyclic) bond motifs is 4. The van der Waals surface area contributed by atoms with Gasteiger partial charge in [-0.1, -0.05) is 41.5 Å². The summed E-state index contributed by atoms with van der Waals surface area (Å²) in [5.41, 5.74) is -2.88. The van der Waals surface area contributed by atoms with Crippen molar-refractivity contribution in [1.82, 2.24) is 0 Å². The van der Waals surface area contributed by atoms with Crippen molar-refractivity contribution in [2.75, 3.05) is 39.6 Å². The average molecular weight is 1220 g/mol. The minimum atomic E-state index is -2.03. The van der Waals surface area contributed by atoms with E-state index in [0.29, 0.717) is 32.3 Å². The summed E-state index contributed by atoms with van der Waals surface area (Å²) in [5, 5.41) is 165. The van der Waals surface area contributed by atoms with Crippen molar-refractivity contribution in [1.29, 1.82) is 0 Å². The van der Waals surface area contributed by atoms with E-state index >= 15 is 0 Å². The molecular formula is C58H94O27. The van der Waals surface area contributed by atoms with Crippen LogP contribution in [0.2, 0.25) is 0 Å². The second kappa shape index (κ2) is 23.6. The van der Waals surface area contributed by atoms with Crippen molar-refractivity contribution in [2.45, 2.75) is 265 Å². The number of rotatable bonds is 14. The highest BCUT2D eigenvalue weighted by Crippen LogP contribution is 2.80. The summed E-state index contributed by atoms with van der Waals surface area (Å²) in [5.74, 6) is 0.317. The number of ether oxygens (including phenoxy) is 11. The maximum atomic E-state index is 12.7. The molecule has 85 heavy (non-hydrogen) atoms. The van der Waals surface area contributed by atoms with Crippen LogP contribution in [0.15, 0.2) is 0 Å². The molecule has 5 saturated carbocycles. The van der Waals surface area contributed by atoms with Crippen molar-refractivity contribution >= 4 is 6.29 Å². The third kappa shape index (κ3) is 10.2. The van der Waals surface area contributed by atoms with Gasteiger partial charge in [0.2, 0.25) is 0 Å². The molecule has 0 amide bonds. The van der Waals surface area contributed by atoms with Gasteiger partial charge in [0.1, 0.15) is 116 Å². The molecule has 488 valence electrons. The van der Waals surface area contributed by atoms with Gasteiger partial charge in [-0.3, -0.25) is 0 Å². The molecule has 11 fully saturated rings. The van der Waals surface area contributed by atoms with Crippen molar-refractivity contribution in [3.05, 3.63) is 0 Å². The van der Waals surface area contributed by atoms with Crippen molar-refractivity contribution in [2.24, 2.45) is 50.2 Å². The van der Waals surface area contributed by atoms with Crippen molar-refractivity contribution < 1.29 is 133 Å². The van der Waals surface area contributed by atoms with Crippen LogP contribution in [0.3, 0.4) is 0 Å². The number of carbonyl (C=O) groups excluding carboxylic acids is 1. The Hall–Kier alpha value is -1.37. The zero-order chi connectivity index (χ0) is 61.5. The summed E-state index contributed by atoms with van der Waals surface area (Å²) < 4.78 is 68.6. The first-order chi connectivity index (χ1) is 40.0. The van der Waals surface area contributed by atoms with Crippen LogP contribution in [0, 0.1) is 50.2 Å². The summed E-state index contributed by atoms with van der Waals surface area (Å²) in [6.45, 7) is 10.3. The summed E-state index contributed by atoms with van der Waals surface area (Å²) in [4.78, 5) is 12.6. The third-order valence-corrected chi connectivity index (χ3v) is 24.1. The molecule has 1 spiro atoms. The van der Waals surface area contributed by atoms with Gasteiger partial charge in [-0.05, 0) is 98.2 Å². The number of hydrogen-bond donors (Lipinski definition) is 15. The van der Waals surface area contributed by atoms with Crippen LogP contribution in [0.4, 0.5) is 0 Å². The molecular weight excluding hydrogens is 1130 g/mol. The Bertz CT molecular complexity index is 2340. The molecule has 27 heteroatoms. The summed E-state index contributed by atoms with van der Waals surface area (Å²) >= 11 is 0. The first kappa shape index (κ1) is 65.1. The van der Waals surface area contributed by atoms with Gasteiger partial charge in [0.15, 0.2) is 31.5 Å². The molecule has 0 aromatic rings. The van der Waals surface area contributed by atoms with Gasteiger partial charge in [-0.25, -0.2) is 0 Å². The molecule has 11 rings (SSSR count). The zero-order valence-electron chi connectivity index (χ0n) is 49.2. The topological polar surface area (TPSA) is 422 Å². The molecule has 6 heterocycles. The van der Waals surface area contributed by atoms with Crippen LogP contribution in [-0.2, 0) is 56.9 Å². The Labute approximate surface area is 493 Å². The Kier molecular flexibility index (Phi) is 18.1. The predicted molar refractivity (Wildman–Crippen MR) is 283 cm³/mol. The van der Waals surface area contributed by atoms with Gasteiger partial charge >= 0.3 is 0 Å². The number of carbonyl (C=O) groups is 1. The molecule has 0 aromatic carbocycles. The number of aldehydes is 1. The summed E-state index contributed by atoms with van der Waals surface area (Å²) in [6.07, 6.45) is -34.0. The quantitative estimate of drug-likeness (QED) is 0.0581. The van der Waals surface area contributed by atoms with Crippen molar-refractivity contribution in [3.63, 3.8) is 0 Å². The van der Waals surface area contributed by atoms with Crippen LogP contribution >= 0.6 is 0 Å². The van der Waals surface area contributed by atoms with Crippen LogP contribution in [0.5, 0.6) is 0 Å². The first-order valence-electron chi connectivity index (χ1n) is 30.6. The predicted octanol–water partition coefficient (Wildman–Crippen LogP) is -4.07. The number of hydrogen-bond acceptors (Lipinski definition) is 27. The highest BCUT2D eigenvalue weighted by Gasteiger charge is 2.80. The summed E-state index contributed by atoms with van der Waals surface area (Å²) in [6, 6.07) is 0. The fourth-order valence-corrected chi connectivity index (χ4v) is 18.9. The average Bonchev–Trinajstić information content (AvgIpc) is 1.63. The minimum absolute atomic E-state index is 0.0397. The van der Waals surface area contributed by atoms with Crippen LogP contribution in [0.25, 0.3) is 0 Å². The van der Waals surface area contributed by atoms with E-state index in [1.807, 2.05) is 6.92 Å². The molecule has 0 aromatic heterocycles. The smallest absolute Gasteiger partial charge is 0.187 e. The van der Waals surface area contributed by atoms with Crippen LogP contribution < -0.4 is 0 Å². The number of aliphatic hydroxyl groups excluding tert-OH is 15. The van der Waals surface area contributed by atoms with Gasteiger partial charge in [0.25, 0.3) is 0 Å². The van der Waals surface area contributed by atoms with Crippen LogP contribution in [0.1, 0.15) is 106 Å². The molecule has 11 aliphatic rings. The van der Waals surface area contributed by atoms with E-state index in [1.54, 1.807) is 0 Å². The van der Waals surface area contributed by atoms with Gasteiger partial charge < -0.3 is 133 Å². The standard InChI is InChI=1S/C58H94O27/c1-52(2)29-7-11-55(5)30(8-12-58-31-15-53(3,22-62)13-14-57(31,23-77-58)32(64)16-56(55,58)6)54(29,4)10-9-33(52)82-50-45(84-49-43(74)40(71)36(67)26(18-60)79-49)38(69)28(21-76-50)81-51-46(85-47-41(72)34(65)24(63)20-75-47)44(37(68)27(19-61)80-51)83-48-42(73)39(70)35(66)25(17-59)78-48/h22,24-51,59-61,63-74H,7-21,23H2,1-6H3/t24-,25-,26-,27-,28+,29+,30-,31-,32-,33+,34+,35-,36-,37-,38+,39+,40+,41-,42-,43-,44+,45-,46-,47+,48+,49+,50-,51+,53+,54+,55-,56+,57-,58+/m1/s1. The van der Waals surface area contributed by atoms with Gasteiger partial charge in [-0.2, -0.15) is 0 Å². The van der Waals surface area contributed by atoms with Gasteiger partial charge in [-0.15, -0.1) is 0 Å². The Balaban J connectivity index is 0.868. The second-order valence-electron chi connectivity index (χ2n) is 28.6. The van der Waals surface area contributed by atoms with E-state index in [4.69, 9.17) is 52.1 Å². The maximum absolute atomic E-state index is 12.7. The Morgan fingerprint density at radius 2 is 1.05 bits per heavy atom. The largest absolute Gasteiger partial charge is 0.394 e. The molecule has 6 aliphatic heterocycles. The van der Waals surface area contributed by atoms with E-state index < -0.39 is 208 Å². The number of aliphatic hydroxyl groups is 15. The Morgan fingerprint density at radius 1 is 0.482 bits per heavy atom. The lowest BCUT2D eigenvalue weighted by Gasteiger charge is -2.75. The minimum Gasteiger partial charge on any atom is -0.394 e. The maximum Gasteiger partial charge on any atom is 0.187 e. The van der Waals surface area contributed by atoms with Crippen LogP contribution in [-0.4, -0.2) is 282 Å². The molecule has 0 radical (unpaired) electrons. The van der Waals surface area contributed by atoms with E-state index in [2.05, 4.69) is 34.6 Å². The SMILES string of the molecule is CC1(C)[C@@H](O[C@H]2OC[C@H](O[C@@H]3O[C@H](CO)[C@@H](O)[C@H](O[C@@H]4O[C@H](CO)[C@@H](O)[C@H](O)[C@H]4O)[C@H]3O[C@@H]3OC[C@@H](O)[C@H](O)[C@H]3O)[C@H](O)[C@H]2O[C@@H]2O[C@H](CO)[C@@H](O)[C@H](O)[C@H]2O)CC[C@]2(C)[C@H]3CC[C@]45OC[C@@]6(CC[C@](C)(C=O)C[C@H]64)[C@H](O)C[C@@]5(C)[C@]3(C)CC[C@@H]12. The zero-order valence-corrected chi connectivity index (χ0v) is 49.2. The fourth-order valence-electron chi connectivity index (χ4n) is 18.9. The highest BCUT2D eigenvalue weighted by atomic mass is 16.8. The van der Waals surface area contributed by atoms with E-state index in [1.165, 1.54) is 0 Å². The molecule has 27 nitrogen and oxygen atoms in total. The van der Waals surface area contributed by atoms with E-state index in [0.717, 1.165) is 44.8 Å². The lowest BCUT2D eigenvalue weighted by atomic mass is 9.30. The normalized spacial score (nSPS) is 57.6. The van der Waals surface area contributed by atoms with Gasteiger partial charge in [0, 0.05) is 16.2 Å². The fraction of sp³-hybridized carbons (Fsp3) is 0.983. The Morgan fingerprint density at radius 3 is 1.67 bits per heavy atom. The molecule has 34 atom stereocenters. The lowest BCUT2D eigenvalue weighted by molar-refractivity contribution is -0.404. The molecule has 5 aliphatic carbocycles. The summed E-state index contributed by atoms with van der Waals surface area (Å²) in [7, 11) is 0. The lowest BCUT2D eigenvalue weighted by Crippen LogP contribution is -2.74. The van der Waals surface area contributed by atoms with Gasteiger partial charge in [0.05, 0.1) is 57.5 Å². The monoisotopic (exact) mass is 1220 g/mol. The molecule has 6 saturated heterocycles. The second-order valence-corrected chi connectivity index (χ2v) is 28.6. The molecule has 0 unspecified atom stereocenters. The highest BCUT2D eigenvalue weighted by molar-refractivity contribution is 5.59. The third-order valence-electron chi connectivity index (χ3n) is 24.1. The molecule has 2 bridgehead atoms. The molecule has 15 N–H and O–H groups in total. The van der Waals surface area contributed by atoms with Crippen molar-refractivity contribution in [3.8, 4) is 0 Å².